The van der Waals surface area contributed by atoms with Crippen molar-refractivity contribution in [1.29, 1.82) is 0 Å². The molecule has 32 heavy (non-hydrogen) atoms. The van der Waals surface area contributed by atoms with Gasteiger partial charge in [0.15, 0.2) is 18.5 Å². The zero-order valence-corrected chi connectivity index (χ0v) is 18.4. The number of azide groups is 1. The predicted octanol–water partition coefficient (Wildman–Crippen LogP) is 1.62. The van der Waals surface area contributed by atoms with Crippen molar-refractivity contribution in [3.63, 3.8) is 0 Å². The number of esters is 2. The number of benzene rings is 1. The van der Waals surface area contributed by atoms with E-state index in [-0.39, 0.29) is 6.61 Å². The Morgan fingerprint density at radius 2 is 1.72 bits per heavy atom. The highest BCUT2D eigenvalue weighted by Gasteiger charge is 2.58. The largest absolute Gasteiger partial charge is 0.458 e. The summed E-state index contributed by atoms with van der Waals surface area (Å²) in [6.45, 7) is 2.22. The van der Waals surface area contributed by atoms with Crippen LogP contribution in [-0.4, -0.2) is 63.7 Å². The normalized spacial score (nSPS) is 32.2. The summed E-state index contributed by atoms with van der Waals surface area (Å²) in [5.41, 5.74) is 9.76. The number of nitrogens with zero attached hydrogens (tertiary/aromatic N) is 3. The molecule has 1 aliphatic heterocycles. The van der Waals surface area contributed by atoms with Gasteiger partial charge >= 0.3 is 11.9 Å². The summed E-state index contributed by atoms with van der Waals surface area (Å²) < 4.78 is 51.8. The highest BCUT2D eigenvalue weighted by atomic mass is 32.2. The second-order valence-electron chi connectivity index (χ2n) is 7.45. The van der Waals surface area contributed by atoms with Gasteiger partial charge in [0.1, 0.15) is 12.1 Å². The lowest BCUT2D eigenvalue weighted by atomic mass is 9.76. The summed E-state index contributed by atoms with van der Waals surface area (Å²) in [6.07, 6.45) is -4.85. The minimum Gasteiger partial charge on any atom is -0.458 e. The van der Waals surface area contributed by atoms with Crippen molar-refractivity contribution in [2.75, 3.05) is 12.9 Å². The molecular formula is C19H23N3O9S. The molecule has 2 aliphatic rings. The second kappa shape index (κ2) is 9.84. The van der Waals surface area contributed by atoms with E-state index in [0.717, 1.165) is 20.1 Å². The zero-order valence-electron chi connectivity index (χ0n) is 17.6. The highest BCUT2D eigenvalue weighted by Crippen LogP contribution is 2.42. The van der Waals surface area contributed by atoms with Gasteiger partial charge in [0.05, 0.1) is 19.0 Å². The molecule has 0 radical (unpaired) electrons. The molecule has 0 amide bonds. The van der Waals surface area contributed by atoms with E-state index in [1.807, 2.05) is 6.07 Å². The summed E-state index contributed by atoms with van der Waals surface area (Å²) in [4.78, 5) is 26.4. The number of hydrogen-bond acceptors (Lipinski definition) is 10. The Bertz CT molecular complexity index is 997. The van der Waals surface area contributed by atoms with Gasteiger partial charge < -0.3 is 18.9 Å². The van der Waals surface area contributed by atoms with Gasteiger partial charge in [0.25, 0.3) is 10.1 Å². The molecule has 1 heterocycles. The lowest BCUT2D eigenvalue weighted by molar-refractivity contribution is -0.300. The Balaban J connectivity index is 2.06. The second-order valence-corrected chi connectivity index (χ2v) is 9.05. The van der Waals surface area contributed by atoms with Crippen molar-refractivity contribution >= 4 is 22.1 Å². The van der Waals surface area contributed by atoms with Crippen LogP contribution in [0.2, 0.25) is 0 Å². The van der Waals surface area contributed by atoms with E-state index in [4.69, 9.17) is 28.7 Å². The summed E-state index contributed by atoms with van der Waals surface area (Å²) in [7, 11) is -4.03. The van der Waals surface area contributed by atoms with Crippen LogP contribution in [-0.2, 0) is 42.8 Å². The van der Waals surface area contributed by atoms with Crippen molar-refractivity contribution in [2.24, 2.45) is 11.0 Å². The van der Waals surface area contributed by atoms with Crippen LogP contribution in [0.25, 0.3) is 10.4 Å². The standard InChI is InChI=1S/C19H23N3O9S/c1-10(23)28-17-14(21-22-20)15(31-32(3,25)26)13-9-27-19(12-7-5-4-6-8-12)30-16(13)18(17)29-11(2)24/h4-8,13-19H,9H2,1-3H3/t13-,14-,15+,16+,17-,18-,19+/m0/s1. The molecule has 0 aromatic heterocycles. The van der Waals surface area contributed by atoms with Gasteiger partial charge in [-0.3, -0.25) is 13.8 Å². The minimum atomic E-state index is -4.03. The Morgan fingerprint density at radius 1 is 1.09 bits per heavy atom. The average Bonchev–Trinajstić information content (AvgIpc) is 2.72. The fourth-order valence-corrected chi connectivity index (χ4v) is 4.62. The average molecular weight is 469 g/mol. The van der Waals surface area contributed by atoms with Crippen molar-refractivity contribution in [3.05, 3.63) is 46.3 Å². The molecule has 12 nitrogen and oxygen atoms in total. The van der Waals surface area contributed by atoms with Gasteiger partial charge in [0.2, 0.25) is 0 Å². The first-order valence-corrected chi connectivity index (χ1v) is 11.5. The van der Waals surface area contributed by atoms with Gasteiger partial charge in [-0.2, -0.15) is 8.42 Å². The maximum absolute atomic E-state index is 12.0. The number of carbonyl (C=O) groups excluding carboxylic acids is 2. The number of rotatable bonds is 6. The lowest BCUT2D eigenvalue weighted by Gasteiger charge is -2.50. The SMILES string of the molecule is CC(=O)O[C@H]1[C@@H]2O[C@H](c3ccccc3)OC[C@H]2[C@@H](OS(C)(=O)=O)[C@H](N=[N+]=[N-])[C@@H]1OC(C)=O. The molecule has 7 atom stereocenters. The fourth-order valence-electron chi connectivity index (χ4n) is 3.96. The molecule has 1 saturated heterocycles. The van der Waals surface area contributed by atoms with Gasteiger partial charge in [-0.1, -0.05) is 35.4 Å². The van der Waals surface area contributed by atoms with Gasteiger partial charge in [-0.15, -0.1) is 0 Å². The van der Waals surface area contributed by atoms with Crippen LogP contribution < -0.4 is 0 Å². The molecule has 0 N–H and O–H groups in total. The van der Waals surface area contributed by atoms with Crippen LogP contribution in [0.15, 0.2) is 35.4 Å². The summed E-state index contributed by atoms with van der Waals surface area (Å²) >= 11 is 0. The Labute approximate surface area is 184 Å². The minimum absolute atomic E-state index is 0.0631. The maximum Gasteiger partial charge on any atom is 0.303 e. The van der Waals surface area contributed by atoms with Crippen molar-refractivity contribution in [3.8, 4) is 0 Å². The lowest BCUT2D eigenvalue weighted by Crippen LogP contribution is -2.66. The van der Waals surface area contributed by atoms with E-state index in [2.05, 4.69) is 10.0 Å². The summed E-state index contributed by atoms with van der Waals surface area (Å²) in [6, 6.07) is 7.59. The van der Waals surface area contributed by atoms with Crippen LogP contribution in [0.1, 0.15) is 25.7 Å². The highest BCUT2D eigenvalue weighted by molar-refractivity contribution is 7.86. The Morgan fingerprint density at radius 3 is 2.28 bits per heavy atom. The van der Waals surface area contributed by atoms with E-state index in [1.165, 1.54) is 0 Å². The first-order valence-electron chi connectivity index (χ1n) is 9.69. The summed E-state index contributed by atoms with van der Waals surface area (Å²) in [5.74, 6) is -2.27. The molecule has 3 rings (SSSR count). The Kier molecular flexibility index (Phi) is 7.36. The molecule has 174 valence electrons. The van der Waals surface area contributed by atoms with Gasteiger partial charge in [-0.25, -0.2) is 0 Å². The molecule has 0 bridgehead atoms. The quantitative estimate of drug-likeness (QED) is 0.198. The number of ether oxygens (including phenoxy) is 4. The van der Waals surface area contributed by atoms with Crippen LogP contribution in [0.4, 0.5) is 0 Å². The first-order chi connectivity index (χ1) is 15.1. The smallest absolute Gasteiger partial charge is 0.303 e. The van der Waals surface area contributed by atoms with E-state index in [9.17, 15) is 18.0 Å². The van der Waals surface area contributed by atoms with Crippen molar-refractivity contribution in [1.82, 2.24) is 0 Å². The topological polar surface area (TPSA) is 163 Å². The molecule has 1 aliphatic carbocycles. The van der Waals surface area contributed by atoms with E-state index in [0.29, 0.717) is 5.56 Å². The molecule has 1 saturated carbocycles. The van der Waals surface area contributed by atoms with E-state index < -0.39 is 64.7 Å². The van der Waals surface area contributed by atoms with E-state index >= 15 is 0 Å². The molecule has 1 aromatic carbocycles. The third kappa shape index (κ3) is 5.56. The predicted molar refractivity (Wildman–Crippen MR) is 107 cm³/mol. The third-order valence-corrected chi connectivity index (χ3v) is 5.60. The third-order valence-electron chi connectivity index (χ3n) is 5.03. The number of hydrogen-bond donors (Lipinski definition) is 0. The number of fused-ring (bicyclic) bond motifs is 1. The molecular weight excluding hydrogens is 446 g/mol. The number of carbonyl (C=O) groups is 2. The molecule has 1 aromatic rings. The molecule has 0 spiro atoms. The van der Waals surface area contributed by atoms with Crippen LogP contribution in [0.5, 0.6) is 0 Å². The van der Waals surface area contributed by atoms with E-state index in [1.54, 1.807) is 24.3 Å². The van der Waals surface area contributed by atoms with Crippen molar-refractivity contribution in [2.45, 2.75) is 50.6 Å². The summed E-state index contributed by atoms with van der Waals surface area (Å²) in [5, 5.41) is 3.62. The van der Waals surface area contributed by atoms with Crippen LogP contribution in [0.3, 0.4) is 0 Å². The van der Waals surface area contributed by atoms with Crippen molar-refractivity contribution < 1.29 is 41.1 Å². The first kappa shape index (κ1) is 24.0. The molecule has 2 fully saturated rings. The maximum atomic E-state index is 12.0. The van der Waals surface area contributed by atoms with Crippen LogP contribution >= 0.6 is 0 Å². The van der Waals surface area contributed by atoms with Crippen LogP contribution in [0, 0.1) is 5.92 Å². The monoisotopic (exact) mass is 469 g/mol. The van der Waals surface area contributed by atoms with Gasteiger partial charge in [-0.05, 0) is 5.53 Å². The Hall–Kier alpha value is -2.70. The molecule has 0 unspecified atom stereocenters. The van der Waals surface area contributed by atoms with Gasteiger partial charge in [0, 0.05) is 30.2 Å². The fraction of sp³-hybridized carbons (Fsp3) is 0.579. The zero-order chi connectivity index (χ0) is 23.5. The molecule has 13 heteroatoms.